The molecule has 2 aromatic rings. The minimum atomic E-state index is -0.633. The summed E-state index contributed by atoms with van der Waals surface area (Å²) >= 11 is 7.72. The molecule has 0 radical (unpaired) electrons. The predicted octanol–water partition coefficient (Wildman–Crippen LogP) is 4.45. The second kappa shape index (κ2) is 9.64. The van der Waals surface area contributed by atoms with Gasteiger partial charge in [0.2, 0.25) is 5.91 Å². The largest absolute Gasteiger partial charge is 0.340 e. The van der Waals surface area contributed by atoms with Gasteiger partial charge in [-0.25, -0.2) is 0 Å². The Morgan fingerprint density at radius 1 is 1.15 bits per heavy atom. The zero-order chi connectivity index (χ0) is 19.1. The molecule has 0 aromatic heterocycles. The van der Waals surface area contributed by atoms with E-state index in [9.17, 15) is 9.59 Å². The van der Waals surface area contributed by atoms with Crippen LogP contribution in [0.1, 0.15) is 27.9 Å². The summed E-state index contributed by atoms with van der Waals surface area (Å²) in [5.74, 6) is 0.180. The molecule has 4 nitrogen and oxygen atoms in total. The Hall–Kier alpha value is -1.98. The zero-order valence-electron chi connectivity index (χ0n) is 15.1. The van der Waals surface area contributed by atoms with E-state index in [4.69, 9.17) is 11.6 Å². The van der Waals surface area contributed by atoms with Crippen LogP contribution in [-0.2, 0) is 4.79 Å². The first-order valence-corrected chi connectivity index (χ1v) is 10.1. The van der Waals surface area contributed by atoms with Crippen LogP contribution >= 0.6 is 23.4 Å². The first-order valence-electron chi connectivity index (χ1n) is 8.35. The molecule has 0 saturated heterocycles. The van der Waals surface area contributed by atoms with Gasteiger partial charge >= 0.3 is 0 Å². The lowest BCUT2D eigenvalue weighted by Crippen LogP contribution is -2.44. The monoisotopic (exact) mass is 390 g/mol. The van der Waals surface area contributed by atoms with Crippen molar-refractivity contribution in [3.63, 3.8) is 0 Å². The van der Waals surface area contributed by atoms with E-state index in [1.54, 1.807) is 36.0 Å². The molecular weight excluding hydrogens is 368 g/mol. The number of amides is 2. The van der Waals surface area contributed by atoms with E-state index in [2.05, 4.69) is 10.6 Å². The molecule has 6 heteroatoms. The number of hydrogen-bond donors (Lipinski definition) is 2. The fraction of sp³-hybridized carbons (Fsp3) is 0.300. The number of benzene rings is 2. The van der Waals surface area contributed by atoms with Gasteiger partial charge in [0.15, 0.2) is 0 Å². The molecule has 2 amide bonds. The van der Waals surface area contributed by atoms with Crippen molar-refractivity contribution in [2.45, 2.75) is 26.3 Å². The molecular formula is C20H23ClN2O2S. The first-order chi connectivity index (χ1) is 12.4. The van der Waals surface area contributed by atoms with Crippen LogP contribution in [0.2, 0.25) is 5.02 Å². The second-order valence-corrected chi connectivity index (χ2v) is 7.49. The van der Waals surface area contributed by atoms with Crippen molar-refractivity contribution in [3.05, 3.63) is 64.2 Å². The molecule has 1 atom stereocenters. The topological polar surface area (TPSA) is 58.2 Å². The fourth-order valence-electron chi connectivity index (χ4n) is 2.48. The minimum Gasteiger partial charge on any atom is -0.340 e. The zero-order valence-corrected chi connectivity index (χ0v) is 16.7. The van der Waals surface area contributed by atoms with Crippen molar-refractivity contribution in [1.29, 1.82) is 0 Å². The molecule has 0 aliphatic carbocycles. The third kappa shape index (κ3) is 5.51. The molecule has 0 spiro atoms. The normalized spacial score (nSPS) is 11.7. The minimum absolute atomic E-state index is 0.229. The number of carbonyl (C=O) groups excluding carboxylic acids is 2. The number of halogens is 1. The Bertz CT molecular complexity index is 795. The van der Waals surface area contributed by atoms with Crippen LogP contribution in [0.15, 0.2) is 42.5 Å². The molecule has 0 aliphatic rings. The van der Waals surface area contributed by atoms with Crippen LogP contribution in [0.5, 0.6) is 0 Å². The third-order valence-electron chi connectivity index (χ3n) is 4.00. The van der Waals surface area contributed by atoms with Crippen LogP contribution in [0.4, 0.5) is 5.69 Å². The van der Waals surface area contributed by atoms with Crippen molar-refractivity contribution >= 4 is 40.9 Å². The molecule has 0 heterocycles. The second-order valence-electron chi connectivity index (χ2n) is 6.09. The Morgan fingerprint density at radius 3 is 2.58 bits per heavy atom. The van der Waals surface area contributed by atoms with E-state index >= 15 is 0 Å². The van der Waals surface area contributed by atoms with Crippen molar-refractivity contribution in [2.24, 2.45) is 0 Å². The number of thioether (sulfide) groups is 1. The smallest absolute Gasteiger partial charge is 0.253 e. The first kappa shape index (κ1) is 20.3. The average Bonchev–Trinajstić information content (AvgIpc) is 2.61. The highest BCUT2D eigenvalue weighted by Gasteiger charge is 2.22. The van der Waals surface area contributed by atoms with Crippen LogP contribution in [-0.4, -0.2) is 29.9 Å². The number of rotatable bonds is 7. The SMILES string of the molecule is CSCCC(NC(=O)c1ccccc1Cl)C(=O)Nc1cc(C)ccc1C. The van der Waals surface area contributed by atoms with Crippen molar-refractivity contribution in [3.8, 4) is 0 Å². The molecule has 0 fully saturated rings. The quantitative estimate of drug-likeness (QED) is 0.734. The number of aryl methyl sites for hydroxylation is 2. The molecule has 138 valence electrons. The van der Waals surface area contributed by atoms with Gasteiger partial charge in [0.05, 0.1) is 10.6 Å². The van der Waals surface area contributed by atoms with Gasteiger partial charge in [-0.2, -0.15) is 11.8 Å². The van der Waals surface area contributed by atoms with Crippen LogP contribution in [0.25, 0.3) is 0 Å². The molecule has 0 aliphatic heterocycles. The number of carbonyl (C=O) groups is 2. The van der Waals surface area contributed by atoms with E-state index < -0.39 is 6.04 Å². The van der Waals surface area contributed by atoms with Crippen molar-refractivity contribution in [1.82, 2.24) is 5.32 Å². The van der Waals surface area contributed by atoms with E-state index in [1.807, 2.05) is 38.3 Å². The average molecular weight is 391 g/mol. The van der Waals surface area contributed by atoms with Crippen molar-refractivity contribution in [2.75, 3.05) is 17.3 Å². The summed E-state index contributed by atoms with van der Waals surface area (Å²) in [6.45, 7) is 3.91. The Kier molecular flexibility index (Phi) is 7.54. The van der Waals surface area contributed by atoms with Gasteiger partial charge < -0.3 is 10.6 Å². The summed E-state index contributed by atoms with van der Waals surface area (Å²) in [7, 11) is 0. The molecule has 0 bridgehead atoms. The Labute approximate surface area is 163 Å². The van der Waals surface area contributed by atoms with Crippen molar-refractivity contribution < 1.29 is 9.59 Å². The molecule has 2 N–H and O–H groups in total. The number of hydrogen-bond acceptors (Lipinski definition) is 3. The Balaban J connectivity index is 2.15. The summed E-state index contributed by atoms with van der Waals surface area (Å²) in [6, 6.07) is 12.1. The fourth-order valence-corrected chi connectivity index (χ4v) is 3.17. The van der Waals surface area contributed by atoms with Crippen LogP contribution < -0.4 is 10.6 Å². The van der Waals surface area contributed by atoms with E-state index in [-0.39, 0.29) is 11.8 Å². The third-order valence-corrected chi connectivity index (χ3v) is 4.98. The van der Waals surface area contributed by atoms with Gasteiger partial charge in [0.25, 0.3) is 5.91 Å². The highest BCUT2D eigenvalue weighted by Crippen LogP contribution is 2.18. The molecule has 26 heavy (non-hydrogen) atoms. The maximum atomic E-state index is 12.8. The summed E-state index contributed by atoms with van der Waals surface area (Å²) in [5, 5.41) is 6.11. The van der Waals surface area contributed by atoms with Gasteiger partial charge in [-0.1, -0.05) is 35.9 Å². The molecule has 2 rings (SSSR count). The van der Waals surface area contributed by atoms with Gasteiger partial charge in [-0.05, 0) is 61.6 Å². The van der Waals surface area contributed by atoms with Gasteiger partial charge in [0, 0.05) is 5.69 Å². The van der Waals surface area contributed by atoms with Crippen LogP contribution in [0, 0.1) is 13.8 Å². The summed E-state index contributed by atoms with van der Waals surface area (Å²) < 4.78 is 0. The molecule has 1 unspecified atom stereocenters. The highest BCUT2D eigenvalue weighted by atomic mass is 35.5. The van der Waals surface area contributed by atoms with Gasteiger partial charge in [-0.3, -0.25) is 9.59 Å². The summed E-state index contributed by atoms with van der Waals surface area (Å²) in [6.07, 6.45) is 2.50. The molecule has 2 aromatic carbocycles. The van der Waals surface area contributed by atoms with Gasteiger partial charge in [-0.15, -0.1) is 0 Å². The lowest BCUT2D eigenvalue weighted by Gasteiger charge is -2.19. The maximum Gasteiger partial charge on any atom is 0.253 e. The Morgan fingerprint density at radius 2 is 1.88 bits per heavy atom. The standard InChI is InChI=1S/C20H23ClN2O2S/c1-13-8-9-14(2)18(12-13)23-20(25)17(10-11-26-3)22-19(24)15-6-4-5-7-16(15)21/h4-9,12,17H,10-11H2,1-3H3,(H,22,24)(H,23,25). The van der Waals surface area contributed by atoms with Gasteiger partial charge in [0.1, 0.15) is 6.04 Å². The predicted molar refractivity (Wildman–Crippen MR) is 110 cm³/mol. The van der Waals surface area contributed by atoms with E-state index in [0.717, 1.165) is 22.6 Å². The number of anilines is 1. The maximum absolute atomic E-state index is 12.8. The lowest BCUT2D eigenvalue weighted by atomic mass is 10.1. The highest BCUT2D eigenvalue weighted by molar-refractivity contribution is 7.98. The lowest BCUT2D eigenvalue weighted by molar-refractivity contribution is -0.118. The number of nitrogens with one attached hydrogen (secondary N) is 2. The summed E-state index contributed by atoms with van der Waals surface area (Å²) in [5.41, 5.74) is 3.16. The van der Waals surface area contributed by atoms with E-state index in [0.29, 0.717) is 17.0 Å². The van der Waals surface area contributed by atoms with Crippen LogP contribution in [0.3, 0.4) is 0 Å². The summed E-state index contributed by atoms with van der Waals surface area (Å²) in [4.78, 5) is 25.3. The van der Waals surface area contributed by atoms with E-state index in [1.165, 1.54) is 0 Å². The molecule has 0 saturated carbocycles.